The summed E-state index contributed by atoms with van der Waals surface area (Å²) in [6.07, 6.45) is 6.43. The van der Waals surface area contributed by atoms with Crippen LogP contribution in [-0.2, 0) is 19.1 Å². The second-order valence-corrected chi connectivity index (χ2v) is 5.08. The van der Waals surface area contributed by atoms with Crippen LogP contribution < -0.4 is 0 Å². The van der Waals surface area contributed by atoms with Gasteiger partial charge in [-0.25, -0.2) is 9.59 Å². The summed E-state index contributed by atoms with van der Waals surface area (Å²) >= 11 is 3.90. The van der Waals surface area contributed by atoms with Crippen LogP contribution in [0.25, 0.3) is 0 Å². The van der Waals surface area contributed by atoms with Gasteiger partial charge in [-0.2, -0.15) is 12.6 Å². The highest BCUT2D eigenvalue weighted by atomic mass is 32.1. The lowest BCUT2D eigenvalue weighted by Gasteiger charge is -2.04. The Kier molecular flexibility index (Phi) is 11.5. The number of ether oxygens (including phenoxy) is 2. The van der Waals surface area contributed by atoms with Crippen molar-refractivity contribution in [3.63, 3.8) is 0 Å². The highest BCUT2D eigenvalue weighted by molar-refractivity contribution is 7.80. The summed E-state index contributed by atoms with van der Waals surface area (Å²) in [4.78, 5) is 22.3. The molecule has 0 aromatic carbocycles. The summed E-state index contributed by atoms with van der Waals surface area (Å²) in [5, 5.41) is 0. The van der Waals surface area contributed by atoms with E-state index in [-0.39, 0.29) is 6.61 Å². The lowest BCUT2D eigenvalue weighted by atomic mass is 10.1. The minimum Gasteiger partial charge on any atom is -0.463 e. The van der Waals surface area contributed by atoms with E-state index in [2.05, 4.69) is 26.5 Å². The molecule has 0 N–H and O–H groups in total. The number of hydrogen-bond acceptors (Lipinski definition) is 5. The van der Waals surface area contributed by atoms with Gasteiger partial charge in [0.15, 0.2) is 0 Å². The van der Waals surface area contributed by atoms with E-state index in [1.54, 1.807) is 0 Å². The largest absolute Gasteiger partial charge is 0.463 e. The zero-order valence-corrected chi connectivity index (χ0v) is 12.7. The first-order valence-electron chi connectivity index (χ1n) is 6.68. The molecular formula is C14H24O4S. The third kappa shape index (κ3) is 13.3. The lowest BCUT2D eigenvalue weighted by Crippen LogP contribution is -2.06. The molecule has 0 aliphatic heterocycles. The number of carbonyl (C=O) groups excluding carboxylic acids is 2. The molecule has 0 aliphatic rings. The molecule has 0 spiro atoms. The van der Waals surface area contributed by atoms with E-state index in [1.807, 2.05) is 0 Å². The van der Waals surface area contributed by atoms with Crippen LogP contribution in [0.4, 0.5) is 0 Å². The van der Waals surface area contributed by atoms with Crippen molar-refractivity contribution in [3.05, 3.63) is 12.2 Å². The smallest absolute Gasteiger partial charge is 0.331 e. The SMILES string of the molecule is CC(C)CCCCCOC(=O)/C=C\C(=O)OCCS. The van der Waals surface area contributed by atoms with Crippen LogP contribution in [0, 0.1) is 5.92 Å². The van der Waals surface area contributed by atoms with Gasteiger partial charge in [0.1, 0.15) is 6.61 Å². The van der Waals surface area contributed by atoms with Gasteiger partial charge >= 0.3 is 11.9 Å². The van der Waals surface area contributed by atoms with Crippen molar-refractivity contribution in [1.82, 2.24) is 0 Å². The van der Waals surface area contributed by atoms with Crippen molar-refractivity contribution >= 4 is 24.6 Å². The number of hydrogen-bond donors (Lipinski definition) is 1. The van der Waals surface area contributed by atoms with Gasteiger partial charge in [0.05, 0.1) is 6.61 Å². The van der Waals surface area contributed by atoms with E-state index in [0.717, 1.165) is 31.4 Å². The second kappa shape index (κ2) is 12.1. The van der Waals surface area contributed by atoms with Gasteiger partial charge in [0, 0.05) is 17.9 Å². The molecule has 0 atom stereocenters. The highest BCUT2D eigenvalue weighted by Gasteiger charge is 2.01. The van der Waals surface area contributed by atoms with Crippen molar-refractivity contribution < 1.29 is 19.1 Å². The summed E-state index contributed by atoms with van der Waals surface area (Å²) < 4.78 is 9.67. The topological polar surface area (TPSA) is 52.6 Å². The molecule has 5 heteroatoms. The summed E-state index contributed by atoms with van der Waals surface area (Å²) in [5.74, 6) is 0.115. The molecule has 0 rings (SSSR count). The predicted octanol–water partition coefficient (Wildman–Crippen LogP) is 2.78. The maximum Gasteiger partial charge on any atom is 0.331 e. The predicted molar refractivity (Wildman–Crippen MR) is 78.2 cm³/mol. The lowest BCUT2D eigenvalue weighted by molar-refractivity contribution is -0.140. The quantitative estimate of drug-likeness (QED) is 0.291. The Hall–Kier alpha value is -0.970. The standard InChI is InChI=1S/C14H24O4S/c1-12(2)6-4-3-5-9-17-13(15)7-8-14(16)18-10-11-19/h7-8,12,19H,3-6,9-11H2,1-2H3/b8-7-. The van der Waals surface area contributed by atoms with E-state index in [1.165, 1.54) is 6.42 Å². The summed E-state index contributed by atoms with van der Waals surface area (Å²) in [6.45, 7) is 5.01. The first-order chi connectivity index (χ1) is 9.06. The van der Waals surface area contributed by atoms with Crippen molar-refractivity contribution in [2.45, 2.75) is 39.5 Å². The van der Waals surface area contributed by atoms with Crippen LogP contribution >= 0.6 is 12.6 Å². The zero-order valence-electron chi connectivity index (χ0n) is 11.8. The molecule has 4 nitrogen and oxygen atoms in total. The van der Waals surface area contributed by atoms with Crippen LogP contribution in [0.2, 0.25) is 0 Å². The van der Waals surface area contributed by atoms with Gasteiger partial charge in [-0.3, -0.25) is 0 Å². The molecule has 19 heavy (non-hydrogen) atoms. The zero-order chi connectivity index (χ0) is 14.5. The summed E-state index contributed by atoms with van der Waals surface area (Å²) in [7, 11) is 0. The van der Waals surface area contributed by atoms with Crippen LogP contribution in [-0.4, -0.2) is 30.9 Å². The second-order valence-electron chi connectivity index (χ2n) is 4.64. The Bertz CT molecular complexity index is 287. The fourth-order valence-electron chi connectivity index (χ4n) is 1.38. The van der Waals surface area contributed by atoms with Crippen LogP contribution in [0.1, 0.15) is 39.5 Å². The van der Waals surface area contributed by atoms with Crippen molar-refractivity contribution in [3.8, 4) is 0 Å². The van der Waals surface area contributed by atoms with E-state index in [4.69, 9.17) is 9.47 Å². The number of esters is 2. The Balaban J connectivity index is 3.53. The van der Waals surface area contributed by atoms with Gasteiger partial charge in [-0.15, -0.1) is 0 Å². The number of rotatable bonds is 10. The van der Waals surface area contributed by atoms with Gasteiger partial charge in [0.25, 0.3) is 0 Å². The molecule has 0 fully saturated rings. The maximum absolute atomic E-state index is 11.2. The first kappa shape index (κ1) is 18.0. The molecule has 0 aromatic heterocycles. The highest BCUT2D eigenvalue weighted by Crippen LogP contribution is 2.07. The number of thiol groups is 1. The van der Waals surface area contributed by atoms with Gasteiger partial charge in [0.2, 0.25) is 0 Å². The fraction of sp³-hybridized carbons (Fsp3) is 0.714. The molecular weight excluding hydrogens is 264 g/mol. The Morgan fingerprint density at radius 1 is 1.00 bits per heavy atom. The number of unbranched alkanes of at least 4 members (excludes halogenated alkanes) is 2. The molecule has 0 saturated heterocycles. The van der Waals surface area contributed by atoms with Crippen molar-refractivity contribution in [2.75, 3.05) is 19.0 Å². The minimum absolute atomic E-state index is 0.233. The number of carbonyl (C=O) groups is 2. The minimum atomic E-state index is -0.553. The molecule has 0 amide bonds. The van der Waals surface area contributed by atoms with Crippen molar-refractivity contribution in [1.29, 1.82) is 0 Å². The van der Waals surface area contributed by atoms with E-state index in [0.29, 0.717) is 18.3 Å². The van der Waals surface area contributed by atoms with Gasteiger partial charge in [-0.1, -0.05) is 33.1 Å². The van der Waals surface area contributed by atoms with Gasteiger partial charge < -0.3 is 9.47 Å². The fourth-order valence-corrected chi connectivity index (χ4v) is 1.47. The summed E-state index contributed by atoms with van der Waals surface area (Å²) in [5.41, 5.74) is 0. The average molecular weight is 288 g/mol. The monoisotopic (exact) mass is 288 g/mol. The molecule has 0 saturated carbocycles. The molecule has 0 radical (unpaired) electrons. The normalized spacial score (nSPS) is 10.9. The van der Waals surface area contributed by atoms with E-state index in [9.17, 15) is 9.59 Å². The maximum atomic E-state index is 11.2. The molecule has 0 heterocycles. The molecule has 0 unspecified atom stereocenters. The van der Waals surface area contributed by atoms with Crippen molar-refractivity contribution in [2.24, 2.45) is 5.92 Å². The average Bonchev–Trinajstić information content (AvgIpc) is 2.37. The third-order valence-electron chi connectivity index (χ3n) is 2.36. The van der Waals surface area contributed by atoms with E-state index < -0.39 is 11.9 Å². The Morgan fingerprint density at radius 3 is 2.11 bits per heavy atom. The Morgan fingerprint density at radius 2 is 1.58 bits per heavy atom. The molecule has 0 bridgehead atoms. The van der Waals surface area contributed by atoms with E-state index >= 15 is 0 Å². The molecule has 110 valence electrons. The van der Waals surface area contributed by atoms with Crippen LogP contribution in [0.3, 0.4) is 0 Å². The molecule has 0 aromatic rings. The summed E-state index contributed by atoms with van der Waals surface area (Å²) in [6, 6.07) is 0. The van der Waals surface area contributed by atoms with Crippen LogP contribution in [0.15, 0.2) is 12.2 Å². The Labute approximate surface area is 120 Å². The first-order valence-corrected chi connectivity index (χ1v) is 7.32. The van der Waals surface area contributed by atoms with Gasteiger partial charge in [-0.05, 0) is 12.3 Å². The van der Waals surface area contributed by atoms with Crippen LogP contribution in [0.5, 0.6) is 0 Å². The third-order valence-corrected chi connectivity index (χ3v) is 2.54. The molecule has 0 aliphatic carbocycles.